The fraction of sp³-hybridized carbons (Fsp3) is 0.562. The molecule has 0 spiro atoms. The summed E-state index contributed by atoms with van der Waals surface area (Å²) in [5.74, 6) is 1.32. The quantitative estimate of drug-likeness (QED) is 0.564. The van der Waals surface area contributed by atoms with Crippen molar-refractivity contribution in [3.8, 4) is 5.75 Å². The summed E-state index contributed by atoms with van der Waals surface area (Å²) in [6, 6.07) is 5.67. The van der Waals surface area contributed by atoms with Crippen LogP contribution in [-0.2, 0) is 5.41 Å². The minimum atomic E-state index is -0.0552. The highest BCUT2D eigenvalue weighted by molar-refractivity contribution is 6.19. The van der Waals surface area contributed by atoms with Gasteiger partial charge in [0.25, 0.3) is 0 Å². The smallest absolute Gasteiger partial charge is 0.164 e. The van der Waals surface area contributed by atoms with Crippen LogP contribution < -0.4 is 4.74 Å². The summed E-state index contributed by atoms with van der Waals surface area (Å²) in [4.78, 5) is 11.9. The van der Waals surface area contributed by atoms with E-state index in [0.29, 0.717) is 18.9 Å². The van der Waals surface area contributed by atoms with E-state index in [-0.39, 0.29) is 11.2 Å². The van der Waals surface area contributed by atoms with Gasteiger partial charge in [-0.15, -0.1) is 11.6 Å². The molecule has 0 unspecified atom stereocenters. The molecule has 0 amide bonds. The largest absolute Gasteiger partial charge is 0.493 e. The molecule has 19 heavy (non-hydrogen) atoms. The van der Waals surface area contributed by atoms with Crippen molar-refractivity contribution in [1.82, 2.24) is 0 Å². The zero-order chi connectivity index (χ0) is 14.5. The summed E-state index contributed by atoms with van der Waals surface area (Å²) in [6.07, 6.45) is 1.34. The van der Waals surface area contributed by atoms with Gasteiger partial charge in [0, 0.05) is 23.4 Å². The Hall–Kier alpha value is -1.02. The summed E-state index contributed by atoms with van der Waals surface area (Å²) in [7, 11) is 0. The van der Waals surface area contributed by atoms with E-state index in [4.69, 9.17) is 16.3 Å². The van der Waals surface area contributed by atoms with Crippen molar-refractivity contribution in [1.29, 1.82) is 0 Å². The van der Waals surface area contributed by atoms with Crippen LogP contribution in [0, 0.1) is 0 Å². The number of hydrogen-bond acceptors (Lipinski definition) is 2. The number of carbonyl (C=O) groups excluding carboxylic acids is 1. The first-order valence-electron chi connectivity index (χ1n) is 6.76. The molecule has 0 saturated heterocycles. The molecular weight excluding hydrogens is 260 g/mol. The molecular formula is C16H23ClO2. The van der Waals surface area contributed by atoms with Gasteiger partial charge >= 0.3 is 0 Å². The van der Waals surface area contributed by atoms with Crippen molar-refractivity contribution in [3.05, 3.63) is 29.3 Å². The van der Waals surface area contributed by atoms with Gasteiger partial charge in [-0.05, 0) is 30.0 Å². The van der Waals surface area contributed by atoms with E-state index >= 15 is 0 Å². The highest BCUT2D eigenvalue weighted by atomic mass is 35.5. The lowest BCUT2D eigenvalue weighted by atomic mass is 9.85. The molecule has 1 aromatic carbocycles. The molecule has 0 heterocycles. The highest BCUT2D eigenvalue weighted by Gasteiger charge is 2.20. The normalized spacial score (nSPS) is 11.4. The van der Waals surface area contributed by atoms with Crippen molar-refractivity contribution in [2.24, 2.45) is 0 Å². The molecule has 1 aromatic rings. The van der Waals surface area contributed by atoms with Gasteiger partial charge in [-0.25, -0.2) is 0 Å². The maximum Gasteiger partial charge on any atom is 0.164 e. The Bertz CT molecular complexity index is 433. The number of Topliss-reactive ketones (excluding diaryl/α,β-unsaturated/α-hetero) is 1. The predicted octanol–water partition coefficient (Wildman–Crippen LogP) is 4.58. The number of alkyl halides is 1. The minimum absolute atomic E-state index is 0.0552. The number of carbonyl (C=O) groups is 1. The fourth-order valence-electron chi connectivity index (χ4n) is 1.86. The first-order chi connectivity index (χ1) is 8.90. The first kappa shape index (κ1) is 16.0. The lowest BCUT2D eigenvalue weighted by molar-refractivity contribution is 0.0989. The highest BCUT2D eigenvalue weighted by Crippen LogP contribution is 2.32. The second kappa shape index (κ2) is 6.95. The van der Waals surface area contributed by atoms with Crippen LogP contribution in [0.5, 0.6) is 5.75 Å². The number of ether oxygens (including phenoxy) is 1. The monoisotopic (exact) mass is 282 g/mol. The second-order valence-electron chi connectivity index (χ2n) is 5.67. The maximum atomic E-state index is 11.9. The third kappa shape index (κ3) is 4.54. The molecule has 0 atom stereocenters. The summed E-state index contributed by atoms with van der Waals surface area (Å²) < 4.78 is 5.77. The number of benzene rings is 1. The Labute approximate surface area is 121 Å². The van der Waals surface area contributed by atoms with Crippen LogP contribution >= 0.6 is 11.6 Å². The van der Waals surface area contributed by atoms with Crippen molar-refractivity contribution in [2.75, 3.05) is 12.5 Å². The molecule has 106 valence electrons. The van der Waals surface area contributed by atoms with Crippen LogP contribution in [0.1, 0.15) is 56.5 Å². The first-order valence-corrected chi connectivity index (χ1v) is 7.30. The minimum Gasteiger partial charge on any atom is -0.493 e. The van der Waals surface area contributed by atoms with Gasteiger partial charge in [-0.2, -0.15) is 0 Å². The average Bonchev–Trinajstić information content (AvgIpc) is 2.35. The zero-order valence-electron chi connectivity index (χ0n) is 12.3. The third-order valence-electron chi connectivity index (χ3n) is 2.89. The maximum absolute atomic E-state index is 11.9. The molecule has 2 nitrogen and oxygen atoms in total. The predicted molar refractivity (Wildman–Crippen MR) is 80.6 cm³/mol. The number of halogens is 1. The molecule has 0 N–H and O–H groups in total. The molecule has 0 aliphatic heterocycles. The second-order valence-corrected chi connectivity index (χ2v) is 6.05. The SMILES string of the molecule is CCCOc1ccc(C(=O)CCCl)cc1C(C)(C)C. The summed E-state index contributed by atoms with van der Waals surface area (Å²) in [5, 5.41) is 0. The average molecular weight is 283 g/mol. The van der Waals surface area contributed by atoms with Gasteiger partial charge in [-0.3, -0.25) is 4.79 Å². The van der Waals surface area contributed by atoms with Crippen molar-refractivity contribution >= 4 is 17.4 Å². The Balaban J connectivity index is 3.12. The Morgan fingerprint density at radius 2 is 2.00 bits per heavy atom. The van der Waals surface area contributed by atoms with Crippen LogP contribution in [0.3, 0.4) is 0 Å². The third-order valence-corrected chi connectivity index (χ3v) is 3.08. The van der Waals surface area contributed by atoms with Crippen LogP contribution in [-0.4, -0.2) is 18.3 Å². The van der Waals surface area contributed by atoms with Crippen molar-refractivity contribution < 1.29 is 9.53 Å². The van der Waals surface area contributed by atoms with Gasteiger partial charge < -0.3 is 4.74 Å². The van der Waals surface area contributed by atoms with Gasteiger partial charge in [0.2, 0.25) is 0 Å². The van der Waals surface area contributed by atoms with Crippen LogP contribution in [0.25, 0.3) is 0 Å². The molecule has 0 fully saturated rings. The Kier molecular flexibility index (Phi) is 5.86. The lowest BCUT2D eigenvalue weighted by Gasteiger charge is -2.23. The Morgan fingerprint density at radius 3 is 2.53 bits per heavy atom. The van der Waals surface area contributed by atoms with Crippen molar-refractivity contribution in [3.63, 3.8) is 0 Å². The van der Waals surface area contributed by atoms with Crippen LogP contribution in [0.2, 0.25) is 0 Å². The standard InChI is InChI=1S/C16H23ClO2/c1-5-10-19-15-7-6-12(14(18)8-9-17)11-13(15)16(2,3)4/h6-7,11H,5,8-10H2,1-4H3. The summed E-state index contributed by atoms with van der Waals surface area (Å²) >= 11 is 5.63. The zero-order valence-corrected chi connectivity index (χ0v) is 13.0. The number of ketones is 1. The van der Waals surface area contributed by atoms with Crippen LogP contribution in [0.15, 0.2) is 18.2 Å². The number of rotatable bonds is 6. The van der Waals surface area contributed by atoms with E-state index in [1.807, 2.05) is 18.2 Å². The van der Waals surface area contributed by atoms with Gasteiger partial charge in [0.1, 0.15) is 5.75 Å². The molecule has 0 radical (unpaired) electrons. The van der Waals surface area contributed by atoms with E-state index in [2.05, 4.69) is 27.7 Å². The van der Waals surface area contributed by atoms with E-state index in [0.717, 1.165) is 23.3 Å². The van der Waals surface area contributed by atoms with Gasteiger partial charge in [-0.1, -0.05) is 27.7 Å². The van der Waals surface area contributed by atoms with E-state index < -0.39 is 0 Å². The van der Waals surface area contributed by atoms with E-state index in [9.17, 15) is 4.79 Å². The molecule has 0 aromatic heterocycles. The molecule has 0 bridgehead atoms. The lowest BCUT2D eigenvalue weighted by Crippen LogP contribution is -2.15. The Morgan fingerprint density at radius 1 is 1.32 bits per heavy atom. The van der Waals surface area contributed by atoms with Crippen LogP contribution in [0.4, 0.5) is 0 Å². The van der Waals surface area contributed by atoms with E-state index in [1.54, 1.807) is 0 Å². The topological polar surface area (TPSA) is 26.3 Å². The summed E-state index contributed by atoms with van der Waals surface area (Å²) in [6.45, 7) is 9.14. The molecule has 3 heteroatoms. The fourth-order valence-corrected chi connectivity index (χ4v) is 2.03. The van der Waals surface area contributed by atoms with E-state index in [1.165, 1.54) is 0 Å². The van der Waals surface area contributed by atoms with Gasteiger partial charge in [0.05, 0.1) is 6.61 Å². The van der Waals surface area contributed by atoms with Crippen molar-refractivity contribution in [2.45, 2.75) is 46.0 Å². The summed E-state index contributed by atoms with van der Waals surface area (Å²) in [5.41, 5.74) is 1.73. The number of hydrogen-bond donors (Lipinski definition) is 0. The molecule has 0 saturated carbocycles. The molecule has 0 aliphatic rings. The van der Waals surface area contributed by atoms with Gasteiger partial charge in [0.15, 0.2) is 5.78 Å². The molecule has 1 rings (SSSR count). The molecule has 0 aliphatic carbocycles.